The van der Waals surface area contributed by atoms with Crippen molar-refractivity contribution < 1.29 is 4.79 Å². The minimum absolute atomic E-state index is 0.272. The van der Waals surface area contributed by atoms with E-state index in [4.69, 9.17) is 39.8 Å². The molecule has 0 saturated carbocycles. The van der Waals surface area contributed by atoms with Crippen molar-refractivity contribution in [3.63, 3.8) is 0 Å². The van der Waals surface area contributed by atoms with Crippen LogP contribution in [0.5, 0.6) is 0 Å². The van der Waals surface area contributed by atoms with Gasteiger partial charge in [0, 0.05) is 45.5 Å². The van der Waals surface area contributed by atoms with E-state index in [9.17, 15) is 4.79 Å². The molecule has 0 fully saturated rings. The van der Waals surface area contributed by atoms with E-state index in [1.165, 1.54) is 0 Å². The summed E-state index contributed by atoms with van der Waals surface area (Å²) in [5.41, 5.74) is 4.60. The molecule has 0 spiro atoms. The lowest BCUT2D eigenvalue weighted by molar-refractivity contribution is 0.251. The zero-order valence-corrected chi connectivity index (χ0v) is 23.5. The van der Waals surface area contributed by atoms with Crippen molar-refractivity contribution >= 4 is 73.9 Å². The third-order valence-electron chi connectivity index (χ3n) is 5.69. The Morgan fingerprint density at radius 2 is 1.76 bits per heavy atom. The highest BCUT2D eigenvalue weighted by Gasteiger charge is 2.13. The second kappa shape index (κ2) is 11.6. The average Bonchev–Trinajstić information content (AvgIpc) is 3.28. The van der Waals surface area contributed by atoms with Gasteiger partial charge in [-0.2, -0.15) is 9.61 Å². The maximum Gasteiger partial charge on any atom is 0.319 e. The molecule has 0 radical (unpaired) electrons. The molecule has 0 aliphatic rings. The fourth-order valence-electron chi connectivity index (χ4n) is 3.84. The van der Waals surface area contributed by atoms with Gasteiger partial charge in [0.2, 0.25) is 0 Å². The number of hydrogen-bond donors (Lipinski definition) is 3. The number of nitrogens with zero attached hydrogens (tertiary/aromatic N) is 3. The Morgan fingerprint density at radius 3 is 2.58 bits per heavy atom. The van der Waals surface area contributed by atoms with Crippen LogP contribution in [0.3, 0.4) is 0 Å². The van der Waals surface area contributed by atoms with Crippen LogP contribution in [-0.2, 0) is 13.1 Å². The van der Waals surface area contributed by atoms with E-state index in [1.807, 2.05) is 54.6 Å². The van der Waals surface area contributed by atoms with Gasteiger partial charge in [0.1, 0.15) is 5.82 Å². The number of carbonyl (C=O) groups is 1. The number of anilines is 2. The van der Waals surface area contributed by atoms with Crippen LogP contribution < -0.4 is 16.0 Å². The van der Waals surface area contributed by atoms with E-state index in [0.717, 1.165) is 32.7 Å². The highest BCUT2D eigenvalue weighted by Crippen LogP contribution is 2.30. The molecular weight excluding hydrogens is 611 g/mol. The summed E-state index contributed by atoms with van der Waals surface area (Å²) in [7, 11) is 0. The minimum Gasteiger partial charge on any atom is -0.366 e. The first kappa shape index (κ1) is 26.3. The fraction of sp³-hybridized carbons (Fsp3) is 0.0741. The molecule has 0 aliphatic heterocycles. The van der Waals surface area contributed by atoms with E-state index in [-0.39, 0.29) is 12.6 Å². The van der Waals surface area contributed by atoms with Crippen molar-refractivity contribution in [2.24, 2.45) is 0 Å². The molecule has 5 aromatic rings. The molecule has 2 amide bonds. The Hall–Kier alpha value is -3.30. The van der Waals surface area contributed by atoms with Gasteiger partial charge in [-0.1, -0.05) is 71.2 Å². The monoisotopic (exact) mass is 628 g/mol. The summed E-state index contributed by atoms with van der Waals surface area (Å²) in [5.74, 6) is 0.742. The molecule has 2 heterocycles. The zero-order valence-electron chi connectivity index (χ0n) is 19.7. The first-order valence-electron chi connectivity index (χ1n) is 11.5. The highest BCUT2D eigenvalue weighted by molar-refractivity contribution is 9.10. The molecule has 7 nitrogen and oxygen atoms in total. The quantitative estimate of drug-likeness (QED) is 0.170. The normalized spacial score (nSPS) is 10.9. The lowest BCUT2D eigenvalue weighted by Gasteiger charge is -2.13. The van der Waals surface area contributed by atoms with Gasteiger partial charge in [-0.15, -0.1) is 0 Å². The zero-order chi connectivity index (χ0) is 26.6. The molecule has 0 saturated heterocycles. The number of halogens is 4. The topological polar surface area (TPSA) is 83.4 Å². The highest BCUT2D eigenvalue weighted by atomic mass is 79.9. The third kappa shape index (κ3) is 6.05. The summed E-state index contributed by atoms with van der Waals surface area (Å²) in [5, 5.41) is 15.2. The number of fused-ring (bicyclic) bond motifs is 1. The molecule has 38 heavy (non-hydrogen) atoms. The number of nitrogens with one attached hydrogen (secondary N) is 3. The summed E-state index contributed by atoms with van der Waals surface area (Å²) in [6.07, 6.45) is 1.70. The Balaban J connectivity index is 1.29. The fourth-order valence-corrected chi connectivity index (χ4v) is 4.89. The summed E-state index contributed by atoms with van der Waals surface area (Å²) in [6.45, 7) is 0.754. The van der Waals surface area contributed by atoms with Gasteiger partial charge in [0.15, 0.2) is 5.65 Å². The van der Waals surface area contributed by atoms with Gasteiger partial charge >= 0.3 is 6.03 Å². The Labute approximate surface area is 242 Å². The van der Waals surface area contributed by atoms with Crippen LogP contribution in [0.15, 0.2) is 83.5 Å². The number of benzene rings is 3. The molecular formula is C27H20BrCl3N6O. The number of hydrogen-bond acceptors (Lipinski definition) is 4. The van der Waals surface area contributed by atoms with Crippen LogP contribution in [0, 0.1) is 0 Å². The standard InChI is InChI=1S/C27H20BrCl3N6O/c28-21-15-34-37-25(12-24(36-26(21)37)20-6-1-2-7-22(20)30)32-13-16-4-3-5-19(10-16)35-27(38)33-14-17-8-9-18(29)11-23(17)31/h1-12,15,32H,13-14H2,(H2,33,35,38). The predicted octanol–water partition coefficient (Wildman–Crippen LogP) is 8.05. The van der Waals surface area contributed by atoms with Crippen molar-refractivity contribution in [1.29, 1.82) is 0 Å². The largest absolute Gasteiger partial charge is 0.366 e. The Morgan fingerprint density at radius 1 is 0.921 bits per heavy atom. The number of carbonyl (C=O) groups excluding carboxylic acids is 1. The maximum absolute atomic E-state index is 12.5. The molecule has 3 aromatic carbocycles. The second-order valence-corrected chi connectivity index (χ2v) is 10.4. The SMILES string of the molecule is O=C(NCc1ccc(Cl)cc1Cl)Nc1cccc(CNc2cc(-c3ccccc3Cl)nc3c(Br)cnn23)c1. The maximum atomic E-state index is 12.5. The van der Waals surface area contributed by atoms with Crippen molar-refractivity contribution in [1.82, 2.24) is 19.9 Å². The van der Waals surface area contributed by atoms with Crippen molar-refractivity contribution in [2.75, 3.05) is 10.6 Å². The van der Waals surface area contributed by atoms with Gasteiger partial charge in [-0.05, 0) is 57.4 Å². The van der Waals surface area contributed by atoms with E-state index >= 15 is 0 Å². The average molecular weight is 631 g/mol. The van der Waals surface area contributed by atoms with Crippen molar-refractivity contribution in [3.8, 4) is 11.3 Å². The van der Waals surface area contributed by atoms with Crippen LogP contribution in [0.25, 0.3) is 16.9 Å². The molecule has 0 unspecified atom stereocenters. The molecule has 192 valence electrons. The number of urea groups is 1. The minimum atomic E-state index is -0.345. The van der Waals surface area contributed by atoms with Crippen LogP contribution in [0.2, 0.25) is 15.1 Å². The predicted molar refractivity (Wildman–Crippen MR) is 157 cm³/mol. The molecule has 3 N–H and O–H groups in total. The summed E-state index contributed by atoms with van der Waals surface area (Å²) < 4.78 is 2.49. The number of aromatic nitrogens is 3. The van der Waals surface area contributed by atoms with Gasteiger partial charge in [-0.3, -0.25) is 0 Å². The van der Waals surface area contributed by atoms with E-state index in [1.54, 1.807) is 28.9 Å². The molecule has 0 atom stereocenters. The van der Waals surface area contributed by atoms with E-state index in [2.05, 4.69) is 37.0 Å². The van der Waals surface area contributed by atoms with Crippen LogP contribution >= 0.6 is 50.7 Å². The number of rotatable bonds is 7. The van der Waals surface area contributed by atoms with Crippen LogP contribution in [0.4, 0.5) is 16.3 Å². The molecule has 2 aromatic heterocycles. The lowest BCUT2D eigenvalue weighted by Crippen LogP contribution is -2.28. The smallest absolute Gasteiger partial charge is 0.319 e. The first-order valence-corrected chi connectivity index (χ1v) is 13.4. The molecule has 11 heteroatoms. The summed E-state index contributed by atoms with van der Waals surface area (Å²) in [6, 6.07) is 21.8. The van der Waals surface area contributed by atoms with Gasteiger partial charge in [0.05, 0.1) is 16.4 Å². The first-order chi connectivity index (χ1) is 18.4. The number of amides is 2. The summed E-state index contributed by atoms with van der Waals surface area (Å²) in [4.78, 5) is 17.2. The van der Waals surface area contributed by atoms with Crippen molar-refractivity contribution in [2.45, 2.75) is 13.1 Å². The van der Waals surface area contributed by atoms with Crippen LogP contribution in [-0.4, -0.2) is 20.6 Å². The second-order valence-electron chi connectivity index (χ2n) is 8.33. The third-order valence-corrected chi connectivity index (χ3v) is 7.17. The van der Waals surface area contributed by atoms with Crippen molar-refractivity contribution in [3.05, 3.63) is 110 Å². The lowest BCUT2D eigenvalue weighted by atomic mass is 10.1. The van der Waals surface area contributed by atoms with E-state index in [0.29, 0.717) is 32.9 Å². The van der Waals surface area contributed by atoms with Gasteiger partial charge in [-0.25, -0.2) is 9.78 Å². The molecule has 0 aliphatic carbocycles. The molecule has 0 bridgehead atoms. The summed E-state index contributed by atoms with van der Waals surface area (Å²) >= 11 is 22.1. The van der Waals surface area contributed by atoms with Gasteiger partial charge in [0.25, 0.3) is 0 Å². The Kier molecular flexibility index (Phi) is 8.04. The van der Waals surface area contributed by atoms with Crippen LogP contribution in [0.1, 0.15) is 11.1 Å². The van der Waals surface area contributed by atoms with E-state index < -0.39 is 0 Å². The molecule has 5 rings (SSSR count). The Bertz CT molecular complexity index is 1640. The van der Waals surface area contributed by atoms with Gasteiger partial charge < -0.3 is 16.0 Å².